The second kappa shape index (κ2) is 8.15. The second-order valence-corrected chi connectivity index (χ2v) is 5.42. The van der Waals surface area contributed by atoms with Gasteiger partial charge in [-0.3, -0.25) is 4.79 Å². The molecule has 25 heavy (non-hydrogen) atoms. The molecular weight excluding hydrogens is 321 g/mol. The fourth-order valence-corrected chi connectivity index (χ4v) is 2.41. The molecule has 128 valence electrons. The highest BCUT2D eigenvalue weighted by molar-refractivity contribution is 5.88. The standard InChI is InChI=1S/C20H18FNO3/c21-16-8-10-17(11-9-16)24-13-12-22-20(23)14-25-19-7-3-5-15-4-1-2-6-18(15)19/h1-11H,12-14H2,(H,22,23). The third-order valence-electron chi connectivity index (χ3n) is 3.61. The van der Waals surface area contributed by atoms with Crippen LogP contribution in [0.4, 0.5) is 4.39 Å². The Kier molecular flexibility index (Phi) is 5.46. The van der Waals surface area contributed by atoms with Crippen LogP contribution in [0.2, 0.25) is 0 Å². The zero-order valence-corrected chi connectivity index (χ0v) is 13.6. The first-order valence-corrected chi connectivity index (χ1v) is 7.98. The number of halogens is 1. The SMILES string of the molecule is O=C(COc1cccc2ccccc12)NCCOc1ccc(F)cc1. The summed E-state index contributed by atoms with van der Waals surface area (Å²) in [6.07, 6.45) is 0. The lowest BCUT2D eigenvalue weighted by Crippen LogP contribution is -2.32. The molecule has 1 amide bonds. The normalized spacial score (nSPS) is 10.4. The average Bonchev–Trinajstić information content (AvgIpc) is 2.65. The number of hydrogen-bond donors (Lipinski definition) is 1. The smallest absolute Gasteiger partial charge is 0.258 e. The van der Waals surface area contributed by atoms with Crippen LogP contribution < -0.4 is 14.8 Å². The molecule has 0 saturated carbocycles. The van der Waals surface area contributed by atoms with Crippen molar-refractivity contribution in [2.24, 2.45) is 0 Å². The number of ether oxygens (including phenoxy) is 2. The fourth-order valence-electron chi connectivity index (χ4n) is 2.41. The van der Waals surface area contributed by atoms with Gasteiger partial charge in [-0.25, -0.2) is 4.39 Å². The van der Waals surface area contributed by atoms with Gasteiger partial charge in [0.1, 0.15) is 23.9 Å². The van der Waals surface area contributed by atoms with E-state index in [1.165, 1.54) is 12.1 Å². The van der Waals surface area contributed by atoms with Crippen molar-refractivity contribution >= 4 is 16.7 Å². The lowest BCUT2D eigenvalue weighted by molar-refractivity contribution is -0.123. The van der Waals surface area contributed by atoms with Crippen LogP contribution in [0, 0.1) is 5.82 Å². The Hall–Kier alpha value is -3.08. The van der Waals surface area contributed by atoms with Crippen molar-refractivity contribution in [2.45, 2.75) is 0 Å². The first-order chi connectivity index (χ1) is 12.2. The van der Waals surface area contributed by atoms with E-state index in [0.717, 1.165) is 10.8 Å². The Labute approximate surface area is 145 Å². The van der Waals surface area contributed by atoms with Crippen LogP contribution in [0.1, 0.15) is 0 Å². The Morgan fingerprint density at radius 3 is 2.52 bits per heavy atom. The van der Waals surface area contributed by atoms with E-state index in [9.17, 15) is 9.18 Å². The minimum atomic E-state index is -0.314. The zero-order valence-electron chi connectivity index (χ0n) is 13.6. The van der Waals surface area contributed by atoms with E-state index in [4.69, 9.17) is 9.47 Å². The van der Waals surface area contributed by atoms with E-state index >= 15 is 0 Å². The average molecular weight is 339 g/mol. The summed E-state index contributed by atoms with van der Waals surface area (Å²) in [5, 5.41) is 4.75. The van der Waals surface area contributed by atoms with Crippen molar-refractivity contribution in [1.29, 1.82) is 0 Å². The molecule has 0 heterocycles. The number of carbonyl (C=O) groups is 1. The van der Waals surface area contributed by atoms with Crippen LogP contribution in [0.3, 0.4) is 0 Å². The van der Waals surface area contributed by atoms with E-state index in [1.54, 1.807) is 12.1 Å². The van der Waals surface area contributed by atoms with Crippen LogP contribution in [-0.2, 0) is 4.79 Å². The Morgan fingerprint density at radius 2 is 1.68 bits per heavy atom. The highest BCUT2D eigenvalue weighted by atomic mass is 19.1. The quantitative estimate of drug-likeness (QED) is 0.670. The summed E-state index contributed by atoms with van der Waals surface area (Å²) in [5.74, 6) is 0.695. The van der Waals surface area contributed by atoms with Gasteiger partial charge in [0.15, 0.2) is 6.61 Å². The molecule has 0 saturated heterocycles. The van der Waals surface area contributed by atoms with Crippen molar-refractivity contribution in [3.8, 4) is 11.5 Å². The number of amides is 1. The Bertz CT molecular complexity index is 844. The fraction of sp³-hybridized carbons (Fsp3) is 0.150. The molecule has 0 unspecified atom stereocenters. The number of rotatable bonds is 7. The third kappa shape index (κ3) is 4.70. The van der Waals surface area contributed by atoms with Crippen LogP contribution in [-0.4, -0.2) is 25.7 Å². The van der Waals surface area contributed by atoms with E-state index in [-0.39, 0.29) is 18.3 Å². The largest absolute Gasteiger partial charge is 0.492 e. The summed E-state index contributed by atoms with van der Waals surface area (Å²) in [5.41, 5.74) is 0. The molecule has 3 rings (SSSR count). The predicted octanol–water partition coefficient (Wildman–Crippen LogP) is 3.55. The van der Waals surface area contributed by atoms with Crippen LogP contribution in [0.15, 0.2) is 66.7 Å². The molecule has 3 aromatic carbocycles. The summed E-state index contributed by atoms with van der Waals surface area (Å²) in [7, 11) is 0. The van der Waals surface area contributed by atoms with Crippen molar-refractivity contribution in [3.05, 3.63) is 72.5 Å². The molecule has 0 aromatic heterocycles. The van der Waals surface area contributed by atoms with Gasteiger partial charge in [0.25, 0.3) is 5.91 Å². The summed E-state index contributed by atoms with van der Waals surface area (Å²) in [4.78, 5) is 11.9. The molecule has 3 aromatic rings. The maximum Gasteiger partial charge on any atom is 0.258 e. The van der Waals surface area contributed by atoms with E-state index < -0.39 is 0 Å². The summed E-state index contributed by atoms with van der Waals surface area (Å²) < 4.78 is 23.8. The lowest BCUT2D eigenvalue weighted by atomic mass is 10.1. The van der Waals surface area contributed by atoms with Crippen molar-refractivity contribution in [3.63, 3.8) is 0 Å². The minimum Gasteiger partial charge on any atom is -0.492 e. The van der Waals surface area contributed by atoms with Gasteiger partial charge < -0.3 is 14.8 Å². The van der Waals surface area contributed by atoms with Gasteiger partial charge in [0, 0.05) is 5.39 Å². The number of fused-ring (bicyclic) bond motifs is 1. The Morgan fingerprint density at radius 1 is 0.920 bits per heavy atom. The summed E-state index contributed by atoms with van der Waals surface area (Å²) in [6, 6.07) is 19.3. The second-order valence-electron chi connectivity index (χ2n) is 5.42. The number of carbonyl (C=O) groups excluding carboxylic acids is 1. The van der Waals surface area contributed by atoms with Gasteiger partial charge in [-0.2, -0.15) is 0 Å². The van der Waals surface area contributed by atoms with E-state index in [1.807, 2.05) is 42.5 Å². The van der Waals surface area contributed by atoms with Gasteiger partial charge in [-0.15, -0.1) is 0 Å². The molecule has 0 radical (unpaired) electrons. The molecule has 0 bridgehead atoms. The molecule has 0 aliphatic rings. The van der Waals surface area contributed by atoms with Crippen LogP contribution in [0.5, 0.6) is 11.5 Å². The van der Waals surface area contributed by atoms with Gasteiger partial charge >= 0.3 is 0 Å². The summed E-state index contributed by atoms with van der Waals surface area (Å²) in [6.45, 7) is 0.575. The van der Waals surface area contributed by atoms with E-state index in [2.05, 4.69) is 5.32 Å². The summed E-state index contributed by atoms with van der Waals surface area (Å²) >= 11 is 0. The first-order valence-electron chi connectivity index (χ1n) is 7.98. The molecule has 4 nitrogen and oxygen atoms in total. The van der Waals surface area contributed by atoms with Gasteiger partial charge in [0.2, 0.25) is 0 Å². The lowest BCUT2D eigenvalue weighted by Gasteiger charge is -2.10. The first kappa shape index (κ1) is 16.8. The molecule has 0 spiro atoms. The predicted molar refractivity (Wildman–Crippen MR) is 94.3 cm³/mol. The topological polar surface area (TPSA) is 47.6 Å². The molecule has 0 atom stereocenters. The molecular formula is C20H18FNO3. The van der Waals surface area contributed by atoms with Crippen molar-refractivity contribution in [1.82, 2.24) is 5.32 Å². The molecule has 0 aliphatic heterocycles. The number of benzene rings is 3. The molecule has 0 aliphatic carbocycles. The van der Waals surface area contributed by atoms with Gasteiger partial charge in [-0.1, -0.05) is 36.4 Å². The monoisotopic (exact) mass is 339 g/mol. The maximum absolute atomic E-state index is 12.8. The van der Waals surface area contributed by atoms with Gasteiger partial charge in [-0.05, 0) is 35.7 Å². The van der Waals surface area contributed by atoms with Crippen molar-refractivity contribution < 1.29 is 18.7 Å². The molecule has 1 N–H and O–H groups in total. The van der Waals surface area contributed by atoms with Crippen molar-refractivity contribution in [2.75, 3.05) is 19.8 Å². The number of hydrogen-bond acceptors (Lipinski definition) is 3. The maximum atomic E-state index is 12.8. The third-order valence-corrected chi connectivity index (χ3v) is 3.61. The highest BCUT2D eigenvalue weighted by Crippen LogP contribution is 2.24. The molecule has 0 fully saturated rings. The molecule has 5 heteroatoms. The minimum absolute atomic E-state index is 0.0649. The van der Waals surface area contributed by atoms with Crippen LogP contribution in [0.25, 0.3) is 10.8 Å². The Balaban J connectivity index is 1.42. The van der Waals surface area contributed by atoms with E-state index in [0.29, 0.717) is 24.7 Å². The highest BCUT2D eigenvalue weighted by Gasteiger charge is 2.05. The van der Waals surface area contributed by atoms with Gasteiger partial charge in [0.05, 0.1) is 6.54 Å². The number of nitrogens with one attached hydrogen (secondary N) is 1. The zero-order chi connectivity index (χ0) is 17.5. The van der Waals surface area contributed by atoms with Crippen LogP contribution >= 0.6 is 0 Å².